The van der Waals surface area contributed by atoms with Crippen molar-refractivity contribution in [1.82, 2.24) is 0 Å². The van der Waals surface area contributed by atoms with Crippen molar-refractivity contribution in [2.45, 2.75) is 12.8 Å². The van der Waals surface area contributed by atoms with Gasteiger partial charge in [0, 0.05) is 33.5 Å². The molecule has 0 atom stereocenters. The van der Waals surface area contributed by atoms with Gasteiger partial charge in [0.2, 0.25) is 0 Å². The van der Waals surface area contributed by atoms with E-state index in [1.165, 1.54) is 0 Å². The first-order chi connectivity index (χ1) is 10.0. The van der Waals surface area contributed by atoms with Crippen molar-refractivity contribution < 1.29 is 9.53 Å². The van der Waals surface area contributed by atoms with Crippen molar-refractivity contribution >= 4 is 40.6 Å². The van der Waals surface area contributed by atoms with Crippen molar-refractivity contribution in [3.05, 3.63) is 62.6 Å². The van der Waals surface area contributed by atoms with E-state index in [4.69, 9.17) is 39.5 Å². The molecule has 21 heavy (non-hydrogen) atoms. The Labute approximate surface area is 138 Å². The van der Waals surface area contributed by atoms with Gasteiger partial charge < -0.3 is 4.74 Å². The summed E-state index contributed by atoms with van der Waals surface area (Å²) in [6.45, 7) is 0. The molecule has 0 radical (unpaired) electrons. The van der Waals surface area contributed by atoms with E-state index >= 15 is 0 Å². The maximum absolute atomic E-state index is 12.2. The molecule has 0 bridgehead atoms. The number of carbonyl (C=O) groups is 1. The Hall–Kier alpha value is -1.22. The van der Waals surface area contributed by atoms with Gasteiger partial charge in [0.25, 0.3) is 0 Å². The first-order valence-corrected chi connectivity index (χ1v) is 7.41. The highest BCUT2D eigenvalue weighted by Crippen LogP contribution is 2.27. The molecule has 2 aromatic rings. The topological polar surface area (TPSA) is 26.3 Å². The molecule has 0 unspecified atom stereocenters. The fourth-order valence-electron chi connectivity index (χ4n) is 2.06. The van der Waals surface area contributed by atoms with E-state index in [0.29, 0.717) is 26.4 Å². The SMILES string of the molecule is COc1ccc(Cl)cc1CC(=O)Cc1c(Cl)cccc1Cl. The maximum Gasteiger partial charge on any atom is 0.141 e. The Morgan fingerprint density at radius 2 is 1.71 bits per heavy atom. The number of ketones is 1. The highest BCUT2D eigenvalue weighted by molar-refractivity contribution is 6.36. The first kappa shape index (κ1) is 16.2. The molecule has 5 heteroatoms. The zero-order valence-electron chi connectivity index (χ0n) is 11.3. The van der Waals surface area contributed by atoms with Gasteiger partial charge in [0.05, 0.1) is 7.11 Å². The summed E-state index contributed by atoms with van der Waals surface area (Å²) >= 11 is 18.1. The molecule has 0 amide bonds. The zero-order chi connectivity index (χ0) is 15.4. The van der Waals surface area contributed by atoms with Crippen LogP contribution in [0.3, 0.4) is 0 Å². The van der Waals surface area contributed by atoms with Crippen LogP contribution in [0.2, 0.25) is 15.1 Å². The first-order valence-electron chi connectivity index (χ1n) is 6.28. The number of methoxy groups -OCH3 is 1. The number of hydrogen-bond donors (Lipinski definition) is 0. The van der Waals surface area contributed by atoms with Gasteiger partial charge in [-0.25, -0.2) is 0 Å². The zero-order valence-corrected chi connectivity index (χ0v) is 13.6. The molecule has 110 valence electrons. The van der Waals surface area contributed by atoms with Crippen molar-refractivity contribution in [3.8, 4) is 5.75 Å². The maximum atomic E-state index is 12.2. The van der Waals surface area contributed by atoms with E-state index in [9.17, 15) is 4.79 Å². The normalized spacial score (nSPS) is 10.5. The van der Waals surface area contributed by atoms with Gasteiger partial charge in [0.15, 0.2) is 0 Å². The quantitative estimate of drug-likeness (QED) is 0.763. The van der Waals surface area contributed by atoms with Gasteiger partial charge in [-0.15, -0.1) is 0 Å². The summed E-state index contributed by atoms with van der Waals surface area (Å²) in [5.41, 5.74) is 1.39. The number of rotatable bonds is 5. The lowest BCUT2D eigenvalue weighted by atomic mass is 10.0. The third-order valence-corrected chi connectivity index (χ3v) is 4.01. The number of ether oxygens (including phenoxy) is 1. The number of Topliss-reactive ketones (excluding diaryl/α,β-unsaturated/α-hetero) is 1. The second kappa shape index (κ2) is 7.17. The van der Waals surface area contributed by atoms with Crippen molar-refractivity contribution in [3.63, 3.8) is 0 Å². The Balaban J connectivity index is 2.17. The molecule has 0 heterocycles. The molecule has 0 aliphatic heterocycles. The molecule has 0 fully saturated rings. The summed E-state index contributed by atoms with van der Waals surface area (Å²) in [5, 5.41) is 1.55. The molecule has 0 aromatic heterocycles. The van der Waals surface area contributed by atoms with E-state index in [1.807, 2.05) is 0 Å². The predicted octanol–water partition coefficient (Wildman–Crippen LogP) is 5.01. The molecule has 0 saturated heterocycles. The summed E-state index contributed by atoms with van der Waals surface area (Å²) in [4.78, 5) is 12.2. The summed E-state index contributed by atoms with van der Waals surface area (Å²) in [6.07, 6.45) is 0.388. The van der Waals surface area contributed by atoms with Crippen molar-refractivity contribution in [2.24, 2.45) is 0 Å². The van der Waals surface area contributed by atoms with E-state index in [1.54, 1.807) is 43.5 Å². The summed E-state index contributed by atoms with van der Waals surface area (Å²) in [7, 11) is 1.56. The third kappa shape index (κ3) is 4.13. The van der Waals surface area contributed by atoms with Gasteiger partial charge >= 0.3 is 0 Å². The number of halogens is 3. The van der Waals surface area contributed by atoms with Crippen LogP contribution in [0.5, 0.6) is 5.75 Å². The fourth-order valence-corrected chi connectivity index (χ4v) is 2.78. The third-order valence-electron chi connectivity index (χ3n) is 3.07. The van der Waals surface area contributed by atoms with Crippen LogP contribution in [0.1, 0.15) is 11.1 Å². The van der Waals surface area contributed by atoms with Crippen LogP contribution < -0.4 is 4.74 Å². The number of hydrogen-bond acceptors (Lipinski definition) is 2. The fraction of sp³-hybridized carbons (Fsp3) is 0.188. The Morgan fingerprint density at radius 1 is 1.05 bits per heavy atom. The molecule has 0 spiro atoms. The monoisotopic (exact) mass is 342 g/mol. The van der Waals surface area contributed by atoms with Gasteiger partial charge in [-0.05, 0) is 35.9 Å². The largest absolute Gasteiger partial charge is 0.496 e. The van der Waals surface area contributed by atoms with Crippen LogP contribution in [-0.4, -0.2) is 12.9 Å². The van der Waals surface area contributed by atoms with Crippen LogP contribution in [0.4, 0.5) is 0 Å². The molecular weight excluding hydrogens is 331 g/mol. The van der Waals surface area contributed by atoms with Crippen molar-refractivity contribution in [1.29, 1.82) is 0 Å². The molecule has 2 rings (SSSR count). The molecule has 2 nitrogen and oxygen atoms in total. The van der Waals surface area contributed by atoms with Gasteiger partial charge in [-0.3, -0.25) is 4.79 Å². The average Bonchev–Trinajstić information content (AvgIpc) is 2.43. The lowest BCUT2D eigenvalue weighted by Gasteiger charge is -2.10. The minimum atomic E-state index is -0.00873. The van der Waals surface area contributed by atoms with Crippen LogP contribution in [0.25, 0.3) is 0 Å². The Bertz CT molecular complexity index is 648. The van der Waals surface area contributed by atoms with Gasteiger partial charge in [-0.2, -0.15) is 0 Å². The standard InChI is InChI=1S/C16H13Cl3O2/c1-21-16-6-5-11(17)7-10(16)8-12(20)9-13-14(18)3-2-4-15(13)19/h2-7H,8-9H2,1H3. The summed E-state index contributed by atoms with van der Waals surface area (Å²) in [6, 6.07) is 10.4. The molecule has 0 N–H and O–H groups in total. The minimum absolute atomic E-state index is 0.00873. The van der Waals surface area contributed by atoms with Gasteiger partial charge in [-0.1, -0.05) is 40.9 Å². The Kier molecular flexibility index (Phi) is 5.51. The van der Waals surface area contributed by atoms with Gasteiger partial charge in [0.1, 0.15) is 11.5 Å². The molecule has 0 aliphatic rings. The van der Waals surface area contributed by atoms with Crippen LogP contribution in [0.15, 0.2) is 36.4 Å². The number of carbonyl (C=O) groups excluding carboxylic acids is 1. The van der Waals surface area contributed by atoms with E-state index in [0.717, 1.165) is 5.56 Å². The smallest absolute Gasteiger partial charge is 0.141 e. The molecule has 2 aromatic carbocycles. The van der Waals surface area contributed by atoms with Crippen LogP contribution in [-0.2, 0) is 17.6 Å². The molecule has 0 saturated carbocycles. The number of benzene rings is 2. The Morgan fingerprint density at radius 3 is 2.33 bits per heavy atom. The lowest BCUT2D eigenvalue weighted by molar-refractivity contribution is -0.117. The second-order valence-corrected chi connectivity index (χ2v) is 5.80. The van der Waals surface area contributed by atoms with Crippen molar-refractivity contribution in [2.75, 3.05) is 7.11 Å². The highest BCUT2D eigenvalue weighted by Gasteiger charge is 2.14. The summed E-state index contributed by atoms with van der Waals surface area (Å²) < 4.78 is 5.24. The van der Waals surface area contributed by atoms with Crippen LogP contribution >= 0.6 is 34.8 Å². The molecular formula is C16H13Cl3O2. The van der Waals surface area contributed by atoms with E-state index < -0.39 is 0 Å². The van der Waals surface area contributed by atoms with E-state index in [2.05, 4.69) is 0 Å². The van der Waals surface area contributed by atoms with Crippen LogP contribution in [0, 0.1) is 0 Å². The minimum Gasteiger partial charge on any atom is -0.496 e. The second-order valence-electron chi connectivity index (χ2n) is 4.55. The molecule has 0 aliphatic carbocycles. The average molecular weight is 344 g/mol. The predicted molar refractivity (Wildman–Crippen MR) is 86.9 cm³/mol. The summed E-state index contributed by atoms with van der Waals surface area (Å²) in [5.74, 6) is 0.628. The highest BCUT2D eigenvalue weighted by atomic mass is 35.5. The van der Waals surface area contributed by atoms with E-state index in [-0.39, 0.29) is 18.6 Å². The lowest BCUT2D eigenvalue weighted by Crippen LogP contribution is -2.08.